The van der Waals surface area contributed by atoms with Gasteiger partial charge in [-0.1, -0.05) is 29.8 Å². The molecule has 0 unspecified atom stereocenters. The Labute approximate surface area is 145 Å². The van der Waals surface area contributed by atoms with Crippen LogP contribution in [0, 0.1) is 5.82 Å². The molecule has 0 bridgehead atoms. The number of fused-ring (bicyclic) bond motifs is 1. The number of amides is 1. The average Bonchev–Trinajstić information content (AvgIpc) is 2.94. The molecule has 0 saturated carbocycles. The summed E-state index contributed by atoms with van der Waals surface area (Å²) in [6.07, 6.45) is 3.09. The van der Waals surface area contributed by atoms with Crippen LogP contribution < -0.4 is 5.32 Å². The van der Waals surface area contributed by atoms with Crippen molar-refractivity contribution in [3.8, 4) is 0 Å². The summed E-state index contributed by atoms with van der Waals surface area (Å²) in [5, 5.41) is 4.33. The van der Waals surface area contributed by atoms with E-state index in [1.807, 2.05) is 25.4 Å². The molecule has 0 saturated heterocycles. The highest BCUT2D eigenvalue weighted by molar-refractivity contribution is 6.31. The zero-order valence-corrected chi connectivity index (χ0v) is 14.1. The molecule has 1 aromatic heterocycles. The maximum absolute atomic E-state index is 13.0. The molecule has 3 rings (SSSR count). The van der Waals surface area contributed by atoms with Crippen LogP contribution in [0.5, 0.6) is 0 Å². The molecule has 2 aromatic carbocycles. The van der Waals surface area contributed by atoms with E-state index in [1.54, 1.807) is 6.07 Å². The first kappa shape index (κ1) is 16.5. The van der Waals surface area contributed by atoms with E-state index < -0.39 is 0 Å². The predicted molar refractivity (Wildman–Crippen MR) is 94.5 cm³/mol. The van der Waals surface area contributed by atoms with Gasteiger partial charge in [-0.3, -0.25) is 4.79 Å². The summed E-state index contributed by atoms with van der Waals surface area (Å²) < 4.78 is 15.1. The average molecular weight is 345 g/mol. The van der Waals surface area contributed by atoms with Crippen molar-refractivity contribution in [3.05, 3.63) is 70.6 Å². The summed E-state index contributed by atoms with van der Waals surface area (Å²) in [4.78, 5) is 12.1. The van der Waals surface area contributed by atoms with Gasteiger partial charge >= 0.3 is 0 Å². The van der Waals surface area contributed by atoms with Crippen LogP contribution in [0.25, 0.3) is 10.9 Å². The van der Waals surface area contributed by atoms with Gasteiger partial charge in [-0.25, -0.2) is 4.39 Å². The molecule has 5 heteroatoms. The number of nitrogens with zero attached hydrogens (tertiary/aromatic N) is 1. The third-order valence-corrected chi connectivity index (χ3v) is 4.48. The van der Waals surface area contributed by atoms with Crippen LogP contribution >= 0.6 is 11.6 Å². The van der Waals surface area contributed by atoms with Crippen LogP contribution in [0.4, 0.5) is 4.39 Å². The van der Waals surface area contributed by atoms with Crippen molar-refractivity contribution in [1.29, 1.82) is 0 Å². The Hall–Kier alpha value is -2.33. The minimum atomic E-state index is -0.383. The van der Waals surface area contributed by atoms with Crippen molar-refractivity contribution in [1.82, 2.24) is 9.88 Å². The summed E-state index contributed by atoms with van der Waals surface area (Å²) in [5.41, 5.74) is 3.02. The number of carbonyl (C=O) groups excluding carboxylic acids is 1. The largest absolute Gasteiger partial charge is 0.352 e. The summed E-state index contributed by atoms with van der Waals surface area (Å²) in [5.74, 6) is -0.436. The number of rotatable bonds is 5. The van der Waals surface area contributed by atoms with Crippen LogP contribution in [0.1, 0.15) is 17.5 Å². The van der Waals surface area contributed by atoms with Crippen LogP contribution in [-0.4, -0.2) is 10.5 Å². The normalized spacial score (nSPS) is 11.0. The minimum absolute atomic E-state index is 0.0525. The topological polar surface area (TPSA) is 34.0 Å². The van der Waals surface area contributed by atoms with E-state index in [1.165, 1.54) is 17.5 Å². The first-order valence-corrected chi connectivity index (χ1v) is 8.16. The third kappa shape index (κ3) is 3.60. The Morgan fingerprint density at radius 2 is 2.04 bits per heavy atom. The quantitative estimate of drug-likeness (QED) is 0.738. The number of hydrogen-bond acceptors (Lipinski definition) is 1. The van der Waals surface area contributed by atoms with Gasteiger partial charge in [0.2, 0.25) is 5.91 Å². The van der Waals surface area contributed by atoms with Crippen LogP contribution in [0.2, 0.25) is 5.02 Å². The molecule has 0 radical (unpaired) electrons. The molecule has 3 nitrogen and oxygen atoms in total. The lowest BCUT2D eigenvalue weighted by Crippen LogP contribution is -2.23. The fourth-order valence-corrected chi connectivity index (χ4v) is 3.01. The Morgan fingerprint density at radius 1 is 1.21 bits per heavy atom. The highest BCUT2D eigenvalue weighted by Gasteiger charge is 2.08. The van der Waals surface area contributed by atoms with Crippen molar-refractivity contribution >= 4 is 28.4 Å². The second kappa shape index (κ2) is 7.05. The number of nitrogens with one attached hydrogen (secondary N) is 1. The summed E-state index contributed by atoms with van der Waals surface area (Å²) in [6.45, 7) is 0.299. The second-order valence-electron chi connectivity index (χ2n) is 5.79. The van der Waals surface area contributed by atoms with Gasteiger partial charge in [0.1, 0.15) is 5.82 Å². The van der Waals surface area contributed by atoms with E-state index in [9.17, 15) is 9.18 Å². The van der Waals surface area contributed by atoms with Crippen molar-refractivity contribution in [2.45, 2.75) is 19.4 Å². The molecule has 0 spiro atoms. The van der Waals surface area contributed by atoms with E-state index in [0.717, 1.165) is 11.1 Å². The predicted octanol–water partition coefficient (Wildman–Crippen LogP) is 4.22. The van der Waals surface area contributed by atoms with Crippen molar-refractivity contribution < 1.29 is 9.18 Å². The van der Waals surface area contributed by atoms with Crippen molar-refractivity contribution in [3.63, 3.8) is 0 Å². The molecule has 24 heavy (non-hydrogen) atoms. The zero-order chi connectivity index (χ0) is 17.1. The Kier molecular flexibility index (Phi) is 4.86. The first-order valence-electron chi connectivity index (χ1n) is 7.78. The van der Waals surface area contributed by atoms with E-state index in [-0.39, 0.29) is 11.7 Å². The van der Waals surface area contributed by atoms with Gasteiger partial charge < -0.3 is 9.88 Å². The van der Waals surface area contributed by atoms with Gasteiger partial charge in [0.15, 0.2) is 0 Å². The number of hydrogen-bond donors (Lipinski definition) is 1. The zero-order valence-electron chi connectivity index (χ0n) is 13.4. The van der Waals surface area contributed by atoms with Crippen molar-refractivity contribution in [2.24, 2.45) is 7.05 Å². The number of halogens is 2. The van der Waals surface area contributed by atoms with E-state index in [0.29, 0.717) is 30.0 Å². The van der Waals surface area contributed by atoms with E-state index in [2.05, 4.69) is 22.0 Å². The summed E-state index contributed by atoms with van der Waals surface area (Å²) >= 11 is 5.96. The molecule has 1 heterocycles. The lowest BCUT2D eigenvalue weighted by Gasteiger charge is -2.08. The maximum Gasteiger partial charge on any atom is 0.220 e. The number of carbonyl (C=O) groups is 1. The second-order valence-corrected chi connectivity index (χ2v) is 6.20. The van der Waals surface area contributed by atoms with Crippen LogP contribution in [0.3, 0.4) is 0 Å². The number of benzene rings is 2. The van der Waals surface area contributed by atoms with Gasteiger partial charge in [0, 0.05) is 42.1 Å². The van der Waals surface area contributed by atoms with Gasteiger partial charge in [0.25, 0.3) is 0 Å². The van der Waals surface area contributed by atoms with Crippen LogP contribution in [-0.2, 0) is 24.8 Å². The molecule has 3 aromatic rings. The fourth-order valence-electron chi connectivity index (χ4n) is 2.78. The smallest absolute Gasteiger partial charge is 0.220 e. The van der Waals surface area contributed by atoms with Gasteiger partial charge in [-0.15, -0.1) is 0 Å². The maximum atomic E-state index is 13.0. The molecule has 124 valence electrons. The molecular formula is C19H18ClFN2O. The first-order chi connectivity index (χ1) is 11.5. The highest BCUT2D eigenvalue weighted by atomic mass is 35.5. The molecular weight excluding hydrogens is 327 g/mol. The molecule has 0 aliphatic heterocycles. The Balaban J connectivity index is 1.59. The van der Waals surface area contributed by atoms with E-state index in [4.69, 9.17) is 11.6 Å². The molecule has 0 atom stereocenters. The van der Waals surface area contributed by atoms with Gasteiger partial charge in [0.05, 0.1) is 0 Å². The molecule has 0 aliphatic carbocycles. The monoisotopic (exact) mass is 344 g/mol. The van der Waals surface area contributed by atoms with Gasteiger partial charge in [-0.2, -0.15) is 0 Å². The van der Waals surface area contributed by atoms with Crippen LogP contribution in [0.15, 0.2) is 48.7 Å². The standard InChI is InChI=1S/C19H18ClFN2O/c1-23-10-9-16-13(3-2-4-18(16)23)6-8-19(24)22-12-14-5-7-15(21)11-17(14)20/h2-5,7,9-11H,6,8,12H2,1H3,(H,22,24). The van der Waals surface area contributed by atoms with Crippen molar-refractivity contribution in [2.75, 3.05) is 0 Å². The minimum Gasteiger partial charge on any atom is -0.352 e. The molecule has 0 aliphatic rings. The molecule has 1 amide bonds. The number of aryl methyl sites for hydroxylation is 2. The molecule has 0 fully saturated rings. The summed E-state index contributed by atoms with van der Waals surface area (Å²) in [6, 6.07) is 12.4. The van der Waals surface area contributed by atoms with E-state index >= 15 is 0 Å². The SMILES string of the molecule is Cn1ccc2c(CCC(=O)NCc3ccc(F)cc3Cl)cccc21. The highest BCUT2D eigenvalue weighted by Crippen LogP contribution is 2.21. The summed E-state index contributed by atoms with van der Waals surface area (Å²) in [7, 11) is 2.01. The van der Waals surface area contributed by atoms with Gasteiger partial charge in [-0.05, 0) is 41.8 Å². The fraction of sp³-hybridized carbons (Fsp3) is 0.211. The number of aromatic nitrogens is 1. The molecule has 1 N–H and O–H groups in total. The third-order valence-electron chi connectivity index (χ3n) is 4.13. The lowest BCUT2D eigenvalue weighted by atomic mass is 10.0. The lowest BCUT2D eigenvalue weighted by molar-refractivity contribution is -0.121. The Morgan fingerprint density at radius 3 is 2.83 bits per heavy atom. The Bertz CT molecular complexity index is 888.